The summed E-state index contributed by atoms with van der Waals surface area (Å²) in [6.07, 6.45) is 0. The van der Waals surface area contributed by atoms with Crippen LogP contribution in [0.4, 0.5) is 0 Å². The summed E-state index contributed by atoms with van der Waals surface area (Å²) in [5.41, 5.74) is 0. The number of benzene rings is 1. The zero-order valence-electron chi connectivity index (χ0n) is 7.23. The van der Waals surface area contributed by atoms with Crippen molar-refractivity contribution in [3.8, 4) is 0 Å². The van der Waals surface area contributed by atoms with Crippen molar-refractivity contribution in [2.45, 2.75) is 4.90 Å². The summed E-state index contributed by atoms with van der Waals surface area (Å²) in [4.78, 5) is 16.8. The maximum Gasteiger partial charge on any atom is 0.357 e. The van der Waals surface area contributed by atoms with E-state index >= 15 is 0 Å². The second kappa shape index (κ2) is 5.00. The van der Waals surface area contributed by atoms with Crippen LogP contribution in [0.25, 0.3) is 0 Å². The van der Waals surface area contributed by atoms with Crippen molar-refractivity contribution in [1.82, 2.24) is 0 Å². The van der Waals surface area contributed by atoms with Gasteiger partial charge in [-0.05, 0) is 12.1 Å². The first kappa shape index (κ1) is 15.2. The summed E-state index contributed by atoms with van der Waals surface area (Å²) in [6, 6.07) is 4.39. The summed E-state index contributed by atoms with van der Waals surface area (Å²) in [7, 11) is -9.30. The Hall–Kier alpha value is 0.163. The van der Waals surface area contributed by atoms with E-state index in [-0.39, 0.29) is 26.2 Å². The van der Waals surface area contributed by atoms with E-state index in [4.69, 9.17) is 14.3 Å². The fourth-order valence-electron chi connectivity index (χ4n) is 0.916. The van der Waals surface area contributed by atoms with Crippen LogP contribution in [0.15, 0.2) is 29.2 Å². The van der Waals surface area contributed by atoms with Gasteiger partial charge in [0, 0.05) is 26.2 Å². The van der Waals surface area contributed by atoms with Gasteiger partial charge in [0.25, 0.3) is 10.1 Å². The van der Waals surface area contributed by atoms with Gasteiger partial charge in [0.2, 0.25) is 0 Å². The molecule has 0 saturated carbocycles. The minimum Gasteiger partial charge on any atom is -0.321 e. The van der Waals surface area contributed by atoms with Crippen LogP contribution in [0.3, 0.4) is 0 Å². The molecule has 0 fully saturated rings. The molecule has 0 spiro atoms. The molecule has 0 saturated heterocycles. The average Bonchev–Trinajstić information content (AvgIpc) is 2.01. The van der Waals surface area contributed by atoms with Gasteiger partial charge in [-0.25, -0.2) is 0 Å². The first-order valence-corrected chi connectivity index (χ1v) is 6.41. The average molecular weight is 329 g/mol. The predicted octanol–water partition coefficient (Wildman–Crippen LogP) is -0.266. The third-order valence-electron chi connectivity index (χ3n) is 1.46. The van der Waals surface area contributed by atoms with Crippen molar-refractivity contribution >= 4 is 23.0 Å². The van der Waals surface area contributed by atoms with Crippen LogP contribution < -0.4 is 5.30 Å². The van der Waals surface area contributed by atoms with Gasteiger partial charge in [-0.1, -0.05) is 12.1 Å². The first-order chi connectivity index (χ1) is 6.23. The Morgan fingerprint density at radius 1 is 1.13 bits per heavy atom. The topological polar surface area (TPSA) is 112 Å². The molecule has 0 unspecified atom stereocenters. The van der Waals surface area contributed by atoms with Crippen LogP contribution in [0, 0.1) is 0 Å². The maximum absolute atomic E-state index is 10.8. The van der Waals surface area contributed by atoms with E-state index in [1.54, 1.807) is 0 Å². The molecule has 0 amide bonds. The minimum absolute atomic E-state index is 0. The van der Waals surface area contributed by atoms with E-state index in [1.165, 1.54) is 12.1 Å². The van der Waals surface area contributed by atoms with Crippen LogP contribution in [0.5, 0.6) is 0 Å². The fraction of sp³-hybridized carbons (Fsp3) is 0. The second-order valence-corrected chi connectivity index (χ2v) is 5.45. The van der Waals surface area contributed by atoms with Gasteiger partial charge < -0.3 is 9.79 Å². The summed E-state index contributed by atoms with van der Waals surface area (Å²) < 4.78 is 40.9. The standard InChI is InChI=1S/C6H7O6PS.Zr/c7-13(8,9)5-3-1-2-4-6(5)14(10,11)12;/h1-4H,(H2,7,8,9)(H,10,11,12);. The smallest absolute Gasteiger partial charge is 0.321 e. The summed E-state index contributed by atoms with van der Waals surface area (Å²) >= 11 is 0. The van der Waals surface area contributed by atoms with E-state index < -0.39 is 27.9 Å². The number of rotatable bonds is 2. The molecule has 0 heterocycles. The minimum atomic E-state index is -4.69. The SMILES string of the molecule is O=P(O)(O)c1ccccc1S(=O)(=O)O.[Zr]. The molecule has 0 bridgehead atoms. The van der Waals surface area contributed by atoms with Crippen molar-refractivity contribution in [1.29, 1.82) is 0 Å². The molecule has 1 rings (SSSR count). The number of hydrogen-bond donors (Lipinski definition) is 3. The van der Waals surface area contributed by atoms with Gasteiger partial charge in [0.1, 0.15) is 4.90 Å². The molecular weight excluding hydrogens is 322 g/mol. The Kier molecular flexibility index (Phi) is 5.05. The maximum atomic E-state index is 10.8. The van der Waals surface area contributed by atoms with Crippen molar-refractivity contribution < 1.29 is 53.5 Å². The second-order valence-electron chi connectivity index (χ2n) is 2.49. The molecule has 0 aliphatic heterocycles. The Morgan fingerprint density at radius 2 is 1.60 bits per heavy atom. The Balaban J connectivity index is 0.00000196. The van der Waals surface area contributed by atoms with Crippen molar-refractivity contribution in [3.05, 3.63) is 24.3 Å². The molecule has 1 aromatic carbocycles. The molecule has 1 aromatic rings. The fourth-order valence-corrected chi connectivity index (χ4v) is 2.84. The van der Waals surface area contributed by atoms with Crippen LogP contribution >= 0.6 is 7.60 Å². The Morgan fingerprint density at radius 3 is 1.93 bits per heavy atom. The molecule has 0 aromatic heterocycles. The molecule has 15 heavy (non-hydrogen) atoms. The molecule has 0 atom stereocenters. The molecule has 0 radical (unpaired) electrons. The summed E-state index contributed by atoms with van der Waals surface area (Å²) in [6.45, 7) is 0. The number of hydrogen-bond acceptors (Lipinski definition) is 3. The van der Waals surface area contributed by atoms with E-state index in [9.17, 15) is 13.0 Å². The van der Waals surface area contributed by atoms with Crippen LogP contribution in [-0.2, 0) is 40.9 Å². The van der Waals surface area contributed by atoms with E-state index in [0.29, 0.717) is 0 Å². The zero-order valence-corrected chi connectivity index (χ0v) is 11.4. The van der Waals surface area contributed by atoms with Crippen LogP contribution in [0.1, 0.15) is 0 Å². The van der Waals surface area contributed by atoms with E-state index in [1.807, 2.05) is 0 Å². The molecule has 6 nitrogen and oxygen atoms in total. The van der Waals surface area contributed by atoms with Gasteiger partial charge in [0.05, 0.1) is 5.30 Å². The largest absolute Gasteiger partial charge is 0.357 e. The molecule has 3 N–H and O–H groups in total. The zero-order chi connectivity index (χ0) is 11.0. The molecular formula is C6H7O6PSZr. The van der Waals surface area contributed by atoms with Gasteiger partial charge in [-0.3, -0.25) is 9.12 Å². The van der Waals surface area contributed by atoms with Gasteiger partial charge in [-0.15, -0.1) is 0 Å². The molecule has 82 valence electrons. The molecule has 0 aliphatic carbocycles. The summed E-state index contributed by atoms with van der Waals surface area (Å²) in [5.74, 6) is 0. The first-order valence-electron chi connectivity index (χ1n) is 3.35. The van der Waals surface area contributed by atoms with E-state index in [0.717, 1.165) is 12.1 Å². The van der Waals surface area contributed by atoms with Crippen molar-refractivity contribution in [2.24, 2.45) is 0 Å². The van der Waals surface area contributed by atoms with Crippen LogP contribution in [-0.4, -0.2) is 22.8 Å². The van der Waals surface area contributed by atoms with E-state index in [2.05, 4.69) is 0 Å². The quantitative estimate of drug-likeness (QED) is 0.509. The Labute approximate surface area is 105 Å². The normalized spacial score (nSPS) is 11.9. The summed E-state index contributed by atoms with van der Waals surface area (Å²) in [5, 5.41) is -0.706. The third-order valence-corrected chi connectivity index (χ3v) is 3.54. The third kappa shape index (κ3) is 3.91. The van der Waals surface area contributed by atoms with Gasteiger partial charge >= 0.3 is 7.60 Å². The Bertz CT molecular complexity index is 492. The monoisotopic (exact) mass is 328 g/mol. The van der Waals surface area contributed by atoms with Crippen molar-refractivity contribution in [2.75, 3.05) is 0 Å². The predicted molar refractivity (Wildman–Crippen MR) is 47.9 cm³/mol. The van der Waals surface area contributed by atoms with Gasteiger partial charge in [-0.2, -0.15) is 8.42 Å². The van der Waals surface area contributed by atoms with Gasteiger partial charge in [0.15, 0.2) is 0 Å². The molecule has 9 heteroatoms. The molecule has 0 aliphatic rings. The van der Waals surface area contributed by atoms with Crippen molar-refractivity contribution in [3.63, 3.8) is 0 Å². The van der Waals surface area contributed by atoms with Crippen LogP contribution in [0.2, 0.25) is 0 Å².